The standard InChI is InChI=1S/C65H118O6/c1-4-7-10-13-16-19-22-24-26-28-30-31-32-33-34-36-37-39-41-43-46-49-52-55-58-64(67)70-61-62(60-69-63(66)57-54-51-48-45-21-18-15-12-9-6-3)71-65(68)59-56-53-50-47-44-42-40-38-35-29-27-25-23-20-17-14-11-8-5-2/h12,15,17,20,25,27,35,38,62H,4-11,13-14,16,18-19,21-24,26,28-34,36-37,39-61H2,1-3H3/b15-12-,20-17-,27-25-,38-35-. The molecule has 414 valence electrons. The van der Waals surface area contributed by atoms with Gasteiger partial charge in [0.15, 0.2) is 6.10 Å². The van der Waals surface area contributed by atoms with Crippen molar-refractivity contribution in [3.05, 3.63) is 48.6 Å². The molecule has 0 aliphatic heterocycles. The van der Waals surface area contributed by atoms with Gasteiger partial charge in [0.2, 0.25) is 0 Å². The number of unbranched alkanes of at least 4 members (excludes halogenated alkanes) is 38. The highest BCUT2D eigenvalue weighted by Crippen LogP contribution is 2.17. The number of hydrogen-bond donors (Lipinski definition) is 0. The molecule has 0 aromatic rings. The third-order valence-electron chi connectivity index (χ3n) is 13.8. The minimum atomic E-state index is -0.781. The molecule has 0 spiro atoms. The van der Waals surface area contributed by atoms with Crippen LogP contribution in [0.3, 0.4) is 0 Å². The summed E-state index contributed by atoms with van der Waals surface area (Å²) in [6, 6.07) is 0. The lowest BCUT2D eigenvalue weighted by molar-refractivity contribution is -0.167. The highest BCUT2D eigenvalue weighted by Gasteiger charge is 2.19. The number of hydrogen-bond acceptors (Lipinski definition) is 6. The topological polar surface area (TPSA) is 78.9 Å². The second-order valence-electron chi connectivity index (χ2n) is 21.0. The minimum Gasteiger partial charge on any atom is -0.462 e. The number of carbonyl (C=O) groups is 3. The lowest BCUT2D eigenvalue weighted by atomic mass is 10.0. The number of rotatable bonds is 57. The van der Waals surface area contributed by atoms with Gasteiger partial charge in [0.25, 0.3) is 0 Å². The van der Waals surface area contributed by atoms with Crippen LogP contribution in [0.1, 0.15) is 329 Å². The number of carbonyl (C=O) groups excluding carboxylic acids is 3. The Morgan fingerprint density at radius 1 is 0.282 bits per heavy atom. The summed E-state index contributed by atoms with van der Waals surface area (Å²) in [5.41, 5.74) is 0. The fourth-order valence-electron chi connectivity index (χ4n) is 9.10. The Balaban J connectivity index is 4.22. The van der Waals surface area contributed by atoms with Crippen molar-refractivity contribution in [1.29, 1.82) is 0 Å². The molecule has 0 aliphatic rings. The molecule has 71 heavy (non-hydrogen) atoms. The molecule has 0 saturated heterocycles. The molecule has 1 unspecified atom stereocenters. The molecule has 0 saturated carbocycles. The quantitative estimate of drug-likeness (QED) is 0.0261. The van der Waals surface area contributed by atoms with Crippen molar-refractivity contribution in [2.24, 2.45) is 0 Å². The zero-order valence-electron chi connectivity index (χ0n) is 47.5. The molecule has 0 aliphatic carbocycles. The summed E-state index contributed by atoms with van der Waals surface area (Å²) in [6.45, 7) is 6.58. The van der Waals surface area contributed by atoms with Gasteiger partial charge in [-0.25, -0.2) is 0 Å². The van der Waals surface area contributed by atoms with E-state index in [0.717, 1.165) is 96.3 Å². The summed E-state index contributed by atoms with van der Waals surface area (Å²) >= 11 is 0. The Labute approximate surface area is 441 Å². The third-order valence-corrected chi connectivity index (χ3v) is 13.8. The van der Waals surface area contributed by atoms with E-state index in [0.29, 0.717) is 19.3 Å². The van der Waals surface area contributed by atoms with E-state index in [1.165, 1.54) is 193 Å². The van der Waals surface area contributed by atoms with Crippen LogP contribution in [0.4, 0.5) is 0 Å². The first-order valence-electron chi connectivity index (χ1n) is 31.1. The van der Waals surface area contributed by atoms with Crippen LogP contribution in [-0.4, -0.2) is 37.2 Å². The summed E-state index contributed by atoms with van der Waals surface area (Å²) in [7, 11) is 0. The largest absolute Gasteiger partial charge is 0.462 e. The number of ether oxygens (including phenoxy) is 3. The molecular formula is C65H118O6. The summed E-state index contributed by atoms with van der Waals surface area (Å²) in [5, 5.41) is 0. The summed E-state index contributed by atoms with van der Waals surface area (Å²) in [6.07, 6.45) is 74.1. The molecule has 0 aromatic carbocycles. The van der Waals surface area contributed by atoms with Crippen LogP contribution in [0.5, 0.6) is 0 Å². The SMILES string of the molecule is CCC/C=C\CCCCCCCC(=O)OCC(COC(=O)CCCCCCCCCCCCCCCCCCCCCCCCCC)OC(=O)CCCCCCCC/C=C\C/C=C\C/C=C\CCCCC. The molecular weight excluding hydrogens is 877 g/mol. The van der Waals surface area contributed by atoms with Crippen molar-refractivity contribution in [1.82, 2.24) is 0 Å². The van der Waals surface area contributed by atoms with Crippen molar-refractivity contribution in [2.75, 3.05) is 13.2 Å². The van der Waals surface area contributed by atoms with Crippen LogP contribution >= 0.6 is 0 Å². The van der Waals surface area contributed by atoms with Crippen LogP contribution in [0, 0.1) is 0 Å². The molecule has 0 radical (unpaired) electrons. The van der Waals surface area contributed by atoms with Gasteiger partial charge in [-0.2, -0.15) is 0 Å². The smallest absolute Gasteiger partial charge is 0.306 e. The Hall–Kier alpha value is -2.63. The Morgan fingerprint density at radius 2 is 0.535 bits per heavy atom. The Morgan fingerprint density at radius 3 is 0.887 bits per heavy atom. The van der Waals surface area contributed by atoms with Crippen molar-refractivity contribution in [2.45, 2.75) is 335 Å². The zero-order chi connectivity index (χ0) is 51.4. The van der Waals surface area contributed by atoms with Gasteiger partial charge in [-0.15, -0.1) is 0 Å². The van der Waals surface area contributed by atoms with Gasteiger partial charge < -0.3 is 14.2 Å². The average molecular weight is 996 g/mol. The maximum Gasteiger partial charge on any atom is 0.306 e. The van der Waals surface area contributed by atoms with Crippen LogP contribution in [0.25, 0.3) is 0 Å². The fraction of sp³-hybridized carbons (Fsp3) is 0.831. The molecule has 0 N–H and O–H groups in total. The van der Waals surface area contributed by atoms with E-state index in [1.54, 1.807) is 0 Å². The van der Waals surface area contributed by atoms with Gasteiger partial charge in [-0.3, -0.25) is 14.4 Å². The monoisotopic (exact) mass is 995 g/mol. The normalized spacial score (nSPS) is 12.3. The van der Waals surface area contributed by atoms with Crippen molar-refractivity contribution in [3.8, 4) is 0 Å². The predicted octanol–water partition coefficient (Wildman–Crippen LogP) is 21.0. The molecule has 1 atom stereocenters. The molecule has 6 nitrogen and oxygen atoms in total. The molecule has 0 fully saturated rings. The first-order valence-corrected chi connectivity index (χ1v) is 31.1. The molecule has 0 amide bonds. The number of allylic oxidation sites excluding steroid dienone is 8. The second-order valence-corrected chi connectivity index (χ2v) is 21.0. The van der Waals surface area contributed by atoms with E-state index in [9.17, 15) is 14.4 Å². The molecule has 0 bridgehead atoms. The lowest BCUT2D eigenvalue weighted by Crippen LogP contribution is -2.30. The first kappa shape index (κ1) is 68.4. The molecule has 0 heterocycles. The van der Waals surface area contributed by atoms with E-state index in [4.69, 9.17) is 14.2 Å². The van der Waals surface area contributed by atoms with E-state index in [1.807, 2.05) is 0 Å². The van der Waals surface area contributed by atoms with E-state index < -0.39 is 6.10 Å². The fourth-order valence-corrected chi connectivity index (χ4v) is 9.10. The molecule has 0 aromatic heterocycles. The maximum atomic E-state index is 12.9. The molecule has 6 heteroatoms. The summed E-state index contributed by atoms with van der Waals surface area (Å²) in [4.78, 5) is 38.2. The van der Waals surface area contributed by atoms with Crippen LogP contribution in [-0.2, 0) is 28.6 Å². The van der Waals surface area contributed by atoms with Gasteiger partial charge in [0.05, 0.1) is 0 Å². The average Bonchev–Trinajstić information content (AvgIpc) is 3.37. The second kappa shape index (κ2) is 59.9. The highest BCUT2D eigenvalue weighted by molar-refractivity contribution is 5.71. The summed E-state index contributed by atoms with van der Waals surface area (Å²) in [5.74, 6) is -0.886. The summed E-state index contributed by atoms with van der Waals surface area (Å²) < 4.78 is 16.9. The first-order chi connectivity index (χ1) is 35.0. The van der Waals surface area contributed by atoms with Crippen LogP contribution < -0.4 is 0 Å². The van der Waals surface area contributed by atoms with E-state index >= 15 is 0 Å². The van der Waals surface area contributed by atoms with Crippen molar-refractivity contribution >= 4 is 17.9 Å². The highest BCUT2D eigenvalue weighted by atomic mass is 16.6. The van der Waals surface area contributed by atoms with Gasteiger partial charge in [-0.05, 0) is 77.0 Å². The van der Waals surface area contributed by atoms with Gasteiger partial charge in [-0.1, -0.05) is 281 Å². The predicted molar refractivity (Wildman–Crippen MR) is 307 cm³/mol. The maximum absolute atomic E-state index is 12.9. The van der Waals surface area contributed by atoms with Crippen LogP contribution in [0.2, 0.25) is 0 Å². The Bertz CT molecular complexity index is 1230. The van der Waals surface area contributed by atoms with E-state index in [2.05, 4.69) is 69.4 Å². The van der Waals surface area contributed by atoms with Gasteiger partial charge in [0, 0.05) is 19.3 Å². The lowest BCUT2D eigenvalue weighted by Gasteiger charge is -2.18. The van der Waals surface area contributed by atoms with Crippen LogP contribution in [0.15, 0.2) is 48.6 Å². The minimum absolute atomic E-state index is 0.0781. The van der Waals surface area contributed by atoms with Crippen molar-refractivity contribution < 1.29 is 28.6 Å². The van der Waals surface area contributed by atoms with Gasteiger partial charge >= 0.3 is 17.9 Å². The molecule has 0 rings (SSSR count). The zero-order valence-corrected chi connectivity index (χ0v) is 47.5. The van der Waals surface area contributed by atoms with Gasteiger partial charge in [0.1, 0.15) is 13.2 Å². The third kappa shape index (κ3) is 58.1. The Kier molecular flexibility index (Phi) is 57.7. The number of esters is 3. The van der Waals surface area contributed by atoms with E-state index in [-0.39, 0.29) is 31.1 Å². The van der Waals surface area contributed by atoms with Crippen molar-refractivity contribution in [3.63, 3.8) is 0 Å².